The van der Waals surface area contributed by atoms with Gasteiger partial charge in [-0.2, -0.15) is 0 Å². The molecule has 4 nitrogen and oxygen atoms in total. The average molecular weight is 337 g/mol. The number of nitrogens with zero attached hydrogens (tertiary/aromatic N) is 2. The molecule has 23 heavy (non-hydrogen) atoms. The largest absolute Gasteiger partial charge is 0.298 e. The Morgan fingerprint density at radius 2 is 2.00 bits per heavy atom. The maximum atomic E-state index is 12.1. The van der Waals surface area contributed by atoms with Gasteiger partial charge in [0.2, 0.25) is 10.0 Å². The second kappa shape index (κ2) is 6.54. The standard InChI is InChI=1S/C18H28N2O2S/c1-3-23(21,22)20-11-9-18(15-20)8-5-10-19(14-18)13-17-7-4-6-16(2)12-17/h4,6-7,12H,3,5,8-11,13-15H2,1-2H3/t18-/m0/s1. The summed E-state index contributed by atoms with van der Waals surface area (Å²) in [5.41, 5.74) is 2.83. The van der Waals surface area contributed by atoms with Crippen LogP contribution in [0.15, 0.2) is 24.3 Å². The average Bonchev–Trinajstić information content (AvgIpc) is 2.91. The summed E-state index contributed by atoms with van der Waals surface area (Å²) < 4.78 is 26.0. The maximum Gasteiger partial charge on any atom is 0.213 e. The Hall–Kier alpha value is -0.910. The van der Waals surface area contributed by atoms with E-state index < -0.39 is 10.0 Å². The van der Waals surface area contributed by atoms with E-state index in [0.29, 0.717) is 13.1 Å². The Morgan fingerprint density at radius 3 is 2.74 bits per heavy atom. The molecule has 128 valence electrons. The van der Waals surface area contributed by atoms with Crippen LogP contribution in [0.3, 0.4) is 0 Å². The minimum atomic E-state index is -3.04. The number of piperidine rings is 1. The summed E-state index contributed by atoms with van der Waals surface area (Å²) in [7, 11) is -3.04. The van der Waals surface area contributed by atoms with E-state index in [4.69, 9.17) is 0 Å². The summed E-state index contributed by atoms with van der Waals surface area (Å²) >= 11 is 0. The SMILES string of the molecule is CCS(=O)(=O)N1CC[C@]2(CCCN(Cc3cccc(C)c3)C2)C1. The Kier molecular flexibility index (Phi) is 4.81. The van der Waals surface area contributed by atoms with Crippen LogP contribution in [0.2, 0.25) is 0 Å². The van der Waals surface area contributed by atoms with Gasteiger partial charge in [0.25, 0.3) is 0 Å². The highest BCUT2D eigenvalue weighted by molar-refractivity contribution is 7.89. The van der Waals surface area contributed by atoms with Crippen molar-refractivity contribution in [1.82, 2.24) is 9.21 Å². The van der Waals surface area contributed by atoms with Gasteiger partial charge in [0, 0.05) is 26.2 Å². The molecule has 2 aliphatic rings. The lowest BCUT2D eigenvalue weighted by Gasteiger charge is -2.40. The number of benzene rings is 1. The van der Waals surface area contributed by atoms with E-state index in [9.17, 15) is 8.42 Å². The molecule has 2 aliphatic heterocycles. The van der Waals surface area contributed by atoms with Crippen LogP contribution in [0.1, 0.15) is 37.3 Å². The first-order valence-corrected chi connectivity index (χ1v) is 10.3. The fraction of sp³-hybridized carbons (Fsp3) is 0.667. The number of rotatable bonds is 4. The maximum absolute atomic E-state index is 12.1. The summed E-state index contributed by atoms with van der Waals surface area (Å²) in [5.74, 6) is 0.218. The fourth-order valence-corrected chi connectivity index (χ4v) is 5.37. The minimum absolute atomic E-state index is 0.171. The predicted molar refractivity (Wildman–Crippen MR) is 93.8 cm³/mol. The van der Waals surface area contributed by atoms with Gasteiger partial charge in [-0.25, -0.2) is 12.7 Å². The molecule has 0 aromatic heterocycles. The van der Waals surface area contributed by atoms with Gasteiger partial charge in [0.05, 0.1) is 5.75 Å². The van der Waals surface area contributed by atoms with Crippen molar-refractivity contribution in [2.45, 2.75) is 39.7 Å². The van der Waals surface area contributed by atoms with Gasteiger partial charge in [-0.15, -0.1) is 0 Å². The molecule has 1 aromatic rings. The number of aryl methyl sites for hydroxylation is 1. The third-order valence-electron chi connectivity index (χ3n) is 5.39. The first-order chi connectivity index (χ1) is 10.9. The summed E-state index contributed by atoms with van der Waals surface area (Å²) in [5, 5.41) is 0. The van der Waals surface area contributed by atoms with Crippen molar-refractivity contribution in [3.8, 4) is 0 Å². The minimum Gasteiger partial charge on any atom is -0.298 e. The van der Waals surface area contributed by atoms with Gasteiger partial charge < -0.3 is 0 Å². The highest BCUT2D eigenvalue weighted by atomic mass is 32.2. The summed E-state index contributed by atoms with van der Waals surface area (Å²) in [6, 6.07) is 8.70. The van der Waals surface area contributed by atoms with Crippen LogP contribution in [0.5, 0.6) is 0 Å². The van der Waals surface area contributed by atoms with Gasteiger partial charge in [-0.3, -0.25) is 4.90 Å². The molecule has 2 fully saturated rings. The number of sulfonamides is 1. The van der Waals surface area contributed by atoms with Crippen molar-refractivity contribution in [3.63, 3.8) is 0 Å². The predicted octanol–water partition coefficient (Wildman–Crippen LogP) is 2.63. The monoisotopic (exact) mass is 336 g/mol. The van der Waals surface area contributed by atoms with Crippen LogP contribution in [-0.4, -0.2) is 49.6 Å². The molecule has 2 heterocycles. The van der Waals surface area contributed by atoms with E-state index in [-0.39, 0.29) is 11.2 Å². The van der Waals surface area contributed by atoms with E-state index in [2.05, 4.69) is 36.1 Å². The summed E-state index contributed by atoms with van der Waals surface area (Å²) in [6.07, 6.45) is 3.34. The highest BCUT2D eigenvalue weighted by Gasteiger charge is 2.44. The van der Waals surface area contributed by atoms with E-state index >= 15 is 0 Å². The highest BCUT2D eigenvalue weighted by Crippen LogP contribution is 2.40. The molecular weight excluding hydrogens is 308 g/mol. The zero-order valence-corrected chi connectivity index (χ0v) is 15.1. The third-order valence-corrected chi connectivity index (χ3v) is 7.22. The molecule has 3 rings (SSSR count). The van der Waals surface area contributed by atoms with Gasteiger partial charge in [0.15, 0.2) is 0 Å². The molecule has 2 saturated heterocycles. The first kappa shape index (κ1) is 16.9. The van der Waals surface area contributed by atoms with Crippen molar-refractivity contribution in [1.29, 1.82) is 0 Å². The van der Waals surface area contributed by atoms with E-state index in [1.807, 2.05) is 0 Å². The number of hydrogen-bond acceptors (Lipinski definition) is 3. The normalized spacial score (nSPS) is 26.9. The van der Waals surface area contributed by atoms with E-state index in [0.717, 1.165) is 32.5 Å². The Balaban J connectivity index is 1.67. The summed E-state index contributed by atoms with van der Waals surface area (Å²) in [4.78, 5) is 2.51. The van der Waals surface area contributed by atoms with Gasteiger partial charge >= 0.3 is 0 Å². The van der Waals surface area contributed by atoms with Crippen LogP contribution >= 0.6 is 0 Å². The van der Waals surface area contributed by atoms with Crippen LogP contribution in [-0.2, 0) is 16.6 Å². The Bertz CT molecular complexity index is 659. The van der Waals surface area contributed by atoms with Gasteiger partial charge in [-0.05, 0) is 50.6 Å². The first-order valence-electron chi connectivity index (χ1n) is 8.68. The van der Waals surface area contributed by atoms with Crippen LogP contribution in [0, 0.1) is 12.3 Å². The molecule has 1 aromatic carbocycles. The third kappa shape index (κ3) is 3.78. The molecule has 0 unspecified atom stereocenters. The molecular formula is C18H28N2O2S. The molecule has 1 spiro atoms. The topological polar surface area (TPSA) is 40.6 Å². The zero-order chi connectivity index (χ0) is 16.5. The van der Waals surface area contributed by atoms with Crippen molar-refractivity contribution < 1.29 is 8.42 Å². The van der Waals surface area contributed by atoms with Gasteiger partial charge in [-0.1, -0.05) is 29.8 Å². The van der Waals surface area contributed by atoms with Crippen molar-refractivity contribution in [3.05, 3.63) is 35.4 Å². The smallest absolute Gasteiger partial charge is 0.213 e. The fourth-order valence-electron chi connectivity index (χ4n) is 4.16. The summed E-state index contributed by atoms with van der Waals surface area (Å²) in [6.45, 7) is 8.41. The molecule has 0 saturated carbocycles. The van der Waals surface area contributed by atoms with Crippen LogP contribution < -0.4 is 0 Å². The molecule has 0 N–H and O–H groups in total. The van der Waals surface area contributed by atoms with Gasteiger partial charge in [0.1, 0.15) is 0 Å². The quantitative estimate of drug-likeness (QED) is 0.849. The van der Waals surface area contributed by atoms with E-state index in [1.54, 1.807) is 11.2 Å². The second-order valence-electron chi connectivity index (χ2n) is 7.29. The zero-order valence-electron chi connectivity index (χ0n) is 14.3. The van der Waals surface area contributed by atoms with Crippen molar-refractivity contribution >= 4 is 10.0 Å². The Labute approximate surface area is 140 Å². The Morgan fingerprint density at radius 1 is 1.17 bits per heavy atom. The molecule has 1 atom stereocenters. The lowest BCUT2D eigenvalue weighted by molar-refractivity contribution is 0.0935. The van der Waals surface area contributed by atoms with Crippen molar-refractivity contribution in [2.75, 3.05) is 31.9 Å². The van der Waals surface area contributed by atoms with Crippen LogP contribution in [0.25, 0.3) is 0 Å². The molecule has 5 heteroatoms. The lowest BCUT2D eigenvalue weighted by Crippen LogP contribution is -2.45. The second-order valence-corrected chi connectivity index (χ2v) is 9.54. The number of likely N-dealkylation sites (tertiary alicyclic amines) is 1. The molecule has 0 aliphatic carbocycles. The molecule has 0 bridgehead atoms. The van der Waals surface area contributed by atoms with E-state index in [1.165, 1.54) is 17.5 Å². The van der Waals surface area contributed by atoms with Crippen LogP contribution in [0.4, 0.5) is 0 Å². The molecule has 0 radical (unpaired) electrons. The number of hydrogen-bond donors (Lipinski definition) is 0. The molecule has 0 amide bonds. The lowest BCUT2D eigenvalue weighted by atomic mass is 9.79. The van der Waals surface area contributed by atoms with Crippen molar-refractivity contribution in [2.24, 2.45) is 5.41 Å².